The lowest BCUT2D eigenvalue weighted by Gasteiger charge is -2.11. The summed E-state index contributed by atoms with van der Waals surface area (Å²) < 4.78 is 39.7. The summed E-state index contributed by atoms with van der Waals surface area (Å²) in [5.41, 5.74) is -0.562. The lowest BCUT2D eigenvalue weighted by molar-refractivity contribution is -0.137. The highest BCUT2D eigenvalue weighted by atomic mass is 35.5. The number of hydrogen-bond donors (Lipinski definition) is 1. The first-order chi connectivity index (χ1) is 7.89. The van der Waals surface area contributed by atoms with Gasteiger partial charge in [0.05, 0.1) is 10.6 Å². The molecule has 0 unspecified atom stereocenters. The maximum atomic E-state index is 12.6. The van der Waals surface area contributed by atoms with Crippen LogP contribution in [-0.4, -0.2) is 9.55 Å². The van der Waals surface area contributed by atoms with Crippen LogP contribution in [0.3, 0.4) is 0 Å². The van der Waals surface area contributed by atoms with Crippen LogP contribution in [0.25, 0.3) is 5.69 Å². The highest BCUT2D eigenvalue weighted by Crippen LogP contribution is 2.35. The molecule has 0 aliphatic heterocycles. The number of aromatic amines is 1. The van der Waals surface area contributed by atoms with E-state index in [1.165, 1.54) is 16.7 Å². The summed E-state index contributed by atoms with van der Waals surface area (Å²) in [5, 5.41) is -0.330. The van der Waals surface area contributed by atoms with Crippen LogP contribution in [0, 0.1) is 4.77 Å². The molecule has 2 aromatic rings. The largest absolute Gasteiger partial charge is 0.417 e. The number of nitrogens with one attached hydrogen (secondary N) is 1. The first-order valence-corrected chi connectivity index (χ1v) is 5.31. The van der Waals surface area contributed by atoms with Crippen molar-refractivity contribution in [3.63, 3.8) is 0 Å². The number of halogens is 4. The zero-order chi connectivity index (χ0) is 12.6. The summed E-state index contributed by atoms with van der Waals surface area (Å²) in [5.74, 6) is 0. The second-order valence-corrected chi connectivity index (χ2v) is 4.09. The highest BCUT2D eigenvalue weighted by molar-refractivity contribution is 7.71. The minimum absolute atomic E-state index is 0.313. The molecule has 1 aromatic carbocycles. The molecule has 90 valence electrons. The molecule has 0 amide bonds. The number of imidazole rings is 1. The summed E-state index contributed by atoms with van der Waals surface area (Å²) >= 11 is 10.4. The molecule has 0 radical (unpaired) electrons. The number of alkyl halides is 3. The van der Waals surface area contributed by atoms with Crippen LogP contribution < -0.4 is 0 Å². The third-order valence-corrected chi connectivity index (χ3v) is 2.83. The highest BCUT2D eigenvalue weighted by Gasteiger charge is 2.33. The van der Waals surface area contributed by atoms with E-state index in [9.17, 15) is 13.2 Å². The van der Waals surface area contributed by atoms with Gasteiger partial charge in [0.15, 0.2) is 4.77 Å². The van der Waals surface area contributed by atoms with E-state index in [1.807, 2.05) is 0 Å². The Hall–Kier alpha value is -1.27. The molecule has 0 bridgehead atoms. The van der Waals surface area contributed by atoms with Gasteiger partial charge in [0.2, 0.25) is 0 Å². The van der Waals surface area contributed by atoms with Gasteiger partial charge in [0.1, 0.15) is 0 Å². The lowest BCUT2D eigenvalue weighted by atomic mass is 10.2. The van der Waals surface area contributed by atoms with Crippen molar-refractivity contribution in [1.82, 2.24) is 9.55 Å². The molecule has 17 heavy (non-hydrogen) atoms. The third-order valence-electron chi connectivity index (χ3n) is 2.18. The minimum atomic E-state index is -4.48. The van der Waals surface area contributed by atoms with E-state index in [0.717, 1.165) is 6.07 Å². The normalized spacial score (nSPS) is 11.8. The van der Waals surface area contributed by atoms with Crippen LogP contribution in [0.15, 0.2) is 30.6 Å². The lowest BCUT2D eigenvalue weighted by Crippen LogP contribution is -2.07. The first-order valence-electron chi connectivity index (χ1n) is 4.53. The Labute approximate surface area is 105 Å². The predicted molar refractivity (Wildman–Crippen MR) is 61.0 cm³/mol. The maximum Gasteiger partial charge on any atom is 0.417 e. The van der Waals surface area contributed by atoms with Crippen LogP contribution in [0.1, 0.15) is 5.56 Å². The second kappa shape index (κ2) is 4.19. The molecule has 0 aliphatic rings. The molecule has 0 spiro atoms. The van der Waals surface area contributed by atoms with Crippen molar-refractivity contribution in [1.29, 1.82) is 0 Å². The van der Waals surface area contributed by atoms with Crippen LogP contribution in [0.2, 0.25) is 5.02 Å². The Morgan fingerprint density at radius 2 is 2.00 bits per heavy atom. The fourth-order valence-corrected chi connectivity index (χ4v) is 1.86. The molecule has 0 aliphatic carbocycles. The average molecular weight is 279 g/mol. The third kappa shape index (κ3) is 2.37. The molecule has 1 heterocycles. The van der Waals surface area contributed by atoms with Crippen molar-refractivity contribution in [2.24, 2.45) is 0 Å². The Bertz CT molecular complexity index is 600. The summed E-state index contributed by atoms with van der Waals surface area (Å²) in [7, 11) is 0. The van der Waals surface area contributed by atoms with Gasteiger partial charge in [-0.3, -0.25) is 4.57 Å². The molecule has 2 rings (SSSR count). The van der Waals surface area contributed by atoms with E-state index in [2.05, 4.69) is 4.98 Å². The number of nitrogens with zero attached hydrogens (tertiary/aromatic N) is 1. The van der Waals surface area contributed by atoms with Crippen molar-refractivity contribution in [2.75, 3.05) is 0 Å². The fraction of sp³-hybridized carbons (Fsp3) is 0.100. The zero-order valence-electron chi connectivity index (χ0n) is 8.25. The molecular formula is C10H6ClF3N2S. The van der Waals surface area contributed by atoms with E-state index in [0.29, 0.717) is 10.5 Å². The van der Waals surface area contributed by atoms with Gasteiger partial charge < -0.3 is 4.98 Å². The van der Waals surface area contributed by atoms with Gasteiger partial charge >= 0.3 is 6.18 Å². The van der Waals surface area contributed by atoms with Gasteiger partial charge in [0.25, 0.3) is 0 Å². The van der Waals surface area contributed by atoms with Crippen molar-refractivity contribution in [3.05, 3.63) is 45.9 Å². The van der Waals surface area contributed by atoms with Crippen LogP contribution in [-0.2, 0) is 6.18 Å². The SMILES string of the molecule is FC(F)(F)c1cc(-n2cc[nH]c2=S)ccc1Cl. The van der Waals surface area contributed by atoms with E-state index in [4.69, 9.17) is 23.8 Å². The number of hydrogen-bond acceptors (Lipinski definition) is 1. The van der Waals surface area contributed by atoms with E-state index >= 15 is 0 Å². The Kier molecular flexibility index (Phi) is 3.01. The van der Waals surface area contributed by atoms with E-state index in [-0.39, 0.29) is 5.02 Å². The number of rotatable bonds is 1. The van der Waals surface area contributed by atoms with Crippen LogP contribution in [0.5, 0.6) is 0 Å². The van der Waals surface area contributed by atoms with Crippen molar-refractivity contribution >= 4 is 23.8 Å². The molecule has 0 atom stereocenters. The summed E-state index contributed by atoms with van der Waals surface area (Å²) in [6, 6.07) is 3.64. The number of aromatic nitrogens is 2. The Balaban J connectivity index is 2.60. The molecule has 7 heteroatoms. The van der Waals surface area contributed by atoms with Gasteiger partial charge in [-0.05, 0) is 30.4 Å². The molecule has 0 saturated carbocycles. The fourth-order valence-electron chi connectivity index (χ4n) is 1.40. The molecule has 0 saturated heterocycles. The quantitative estimate of drug-likeness (QED) is 0.775. The van der Waals surface area contributed by atoms with Crippen molar-refractivity contribution < 1.29 is 13.2 Å². The minimum Gasteiger partial charge on any atom is -0.337 e. The van der Waals surface area contributed by atoms with Gasteiger partial charge in [-0.25, -0.2) is 0 Å². The average Bonchev–Trinajstić information content (AvgIpc) is 2.63. The molecule has 0 fully saturated rings. The number of benzene rings is 1. The van der Waals surface area contributed by atoms with Crippen molar-refractivity contribution in [3.8, 4) is 5.69 Å². The summed E-state index contributed by atoms with van der Waals surface area (Å²) in [4.78, 5) is 2.70. The summed E-state index contributed by atoms with van der Waals surface area (Å²) in [6.45, 7) is 0. The Morgan fingerprint density at radius 3 is 2.53 bits per heavy atom. The summed E-state index contributed by atoms with van der Waals surface area (Å²) in [6.07, 6.45) is -1.39. The smallest absolute Gasteiger partial charge is 0.337 e. The van der Waals surface area contributed by atoms with Gasteiger partial charge in [-0.15, -0.1) is 0 Å². The topological polar surface area (TPSA) is 20.7 Å². The molecule has 1 N–H and O–H groups in total. The first kappa shape index (κ1) is 12.2. The standard InChI is InChI=1S/C10H6ClF3N2S/c11-8-2-1-6(5-7(8)10(12,13)14)16-4-3-15-9(16)17/h1-5H,(H,15,17). The maximum absolute atomic E-state index is 12.6. The monoisotopic (exact) mass is 278 g/mol. The molecule has 1 aromatic heterocycles. The zero-order valence-corrected chi connectivity index (χ0v) is 9.83. The molecular weight excluding hydrogens is 273 g/mol. The molecule has 2 nitrogen and oxygen atoms in total. The predicted octanol–water partition coefficient (Wildman–Crippen LogP) is 4.21. The van der Waals surface area contributed by atoms with Gasteiger partial charge in [-0.1, -0.05) is 11.6 Å². The van der Waals surface area contributed by atoms with Crippen LogP contribution >= 0.6 is 23.8 Å². The van der Waals surface area contributed by atoms with E-state index < -0.39 is 11.7 Å². The van der Waals surface area contributed by atoms with Crippen LogP contribution in [0.4, 0.5) is 13.2 Å². The number of H-pyrrole nitrogens is 1. The van der Waals surface area contributed by atoms with Crippen molar-refractivity contribution in [2.45, 2.75) is 6.18 Å². The second-order valence-electron chi connectivity index (χ2n) is 3.30. The van der Waals surface area contributed by atoms with Gasteiger partial charge in [0, 0.05) is 18.1 Å². The van der Waals surface area contributed by atoms with Gasteiger partial charge in [-0.2, -0.15) is 13.2 Å². The Morgan fingerprint density at radius 1 is 1.29 bits per heavy atom. The van der Waals surface area contributed by atoms with E-state index in [1.54, 1.807) is 12.4 Å².